The van der Waals surface area contributed by atoms with E-state index in [2.05, 4.69) is 234 Å². The summed E-state index contributed by atoms with van der Waals surface area (Å²) in [6.07, 6.45) is 0. The zero-order valence-corrected chi connectivity index (χ0v) is 36.5. The Morgan fingerprint density at radius 3 is 1.76 bits per heavy atom. The molecule has 0 aliphatic rings. The lowest BCUT2D eigenvalue weighted by Crippen LogP contribution is -2.11. The van der Waals surface area contributed by atoms with Gasteiger partial charge in [-0.2, -0.15) is 0 Å². The Kier molecular flexibility index (Phi) is 8.15. The second-order valence-corrected chi connectivity index (χ2v) is 18.2. The fourth-order valence-corrected chi connectivity index (χ4v) is 11.9. The highest BCUT2D eigenvalue weighted by Crippen LogP contribution is 2.50. The SMILES string of the molecule is c1ccc2c(c1)cc(N(c1ccc(-c3cccc4c3oc3ccccc34)cc1)c1ccc(-c3ccc(-n4c5ccccc5c5ccccc54)cc3)c3sc4ccccc4c13)c1ccccc12. The summed E-state index contributed by atoms with van der Waals surface area (Å²) in [5, 5.41) is 12.2. The molecule has 0 radical (unpaired) electrons. The zero-order valence-electron chi connectivity index (χ0n) is 35.7. The number of benzene rings is 11. The van der Waals surface area contributed by atoms with Crippen molar-refractivity contribution in [3.8, 4) is 27.9 Å². The maximum absolute atomic E-state index is 6.52. The van der Waals surface area contributed by atoms with Crippen LogP contribution in [0.5, 0.6) is 0 Å². The summed E-state index contributed by atoms with van der Waals surface area (Å²) in [7, 11) is 0. The molecule has 0 aliphatic heterocycles. The fraction of sp³-hybridized carbons (Fsp3) is 0. The van der Waals surface area contributed by atoms with Crippen LogP contribution >= 0.6 is 11.3 Å². The fourth-order valence-electron chi connectivity index (χ4n) is 10.6. The van der Waals surface area contributed by atoms with Gasteiger partial charge < -0.3 is 13.9 Å². The Morgan fingerprint density at radius 2 is 0.985 bits per heavy atom. The molecule has 11 aromatic carbocycles. The smallest absolute Gasteiger partial charge is 0.143 e. The van der Waals surface area contributed by atoms with Crippen LogP contribution in [-0.2, 0) is 0 Å². The lowest BCUT2D eigenvalue weighted by molar-refractivity contribution is 0.670. The first-order valence-electron chi connectivity index (χ1n) is 22.5. The van der Waals surface area contributed by atoms with E-state index in [1.807, 2.05) is 17.4 Å². The molecule has 0 N–H and O–H groups in total. The van der Waals surface area contributed by atoms with E-state index in [0.717, 1.165) is 55.8 Å². The Hall–Kier alpha value is -8.44. The predicted molar refractivity (Wildman–Crippen MR) is 282 cm³/mol. The van der Waals surface area contributed by atoms with Crippen molar-refractivity contribution in [1.29, 1.82) is 0 Å². The van der Waals surface area contributed by atoms with Crippen molar-refractivity contribution in [2.75, 3.05) is 4.90 Å². The maximum Gasteiger partial charge on any atom is 0.143 e. The molecule has 14 rings (SSSR count). The number of fused-ring (bicyclic) bond motifs is 12. The van der Waals surface area contributed by atoms with Crippen molar-refractivity contribution >= 4 is 114 Å². The molecule has 0 atom stereocenters. The van der Waals surface area contributed by atoms with Gasteiger partial charge in [0.25, 0.3) is 0 Å². The molecule has 308 valence electrons. The van der Waals surface area contributed by atoms with Gasteiger partial charge in [0.2, 0.25) is 0 Å². The van der Waals surface area contributed by atoms with Crippen molar-refractivity contribution < 1.29 is 4.42 Å². The first-order chi connectivity index (χ1) is 32.7. The first kappa shape index (κ1) is 37.0. The number of anilines is 3. The van der Waals surface area contributed by atoms with Gasteiger partial charge in [0.1, 0.15) is 11.2 Å². The van der Waals surface area contributed by atoms with Crippen LogP contribution in [0.15, 0.2) is 235 Å². The minimum absolute atomic E-state index is 0.903. The van der Waals surface area contributed by atoms with Gasteiger partial charge in [-0.3, -0.25) is 0 Å². The summed E-state index contributed by atoms with van der Waals surface area (Å²) in [5.41, 5.74) is 13.3. The first-order valence-corrected chi connectivity index (χ1v) is 23.3. The molecule has 14 aromatic rings. The molecule has 0 unspecified atom stereocenters. The Bertz CT molecular complexity index is 4180. The Morgan fingerprint density at radius 1 is 0.394 bits per heavy atom. The van der Waals surface area contributed by atoms with Crippen molar-refractivity contribution in [1.82, 2.24) is 4.57 Å². The third-order valence-electron chi connectivity index (χ3n) is 13.6. The van der Waals surface area contributed by atoms with Gasteiger partial charge in [0, 0.05) is 64.0 Å². The van der Waals surface area contributed by atoms with E-state index in [1.165, 1.54) is 74.6 Å². The summed E-state index contributed by atoms with van der Waals surface area (Å²) < 4.78 is 11.4. The van der Waals surface area contributed by atoms with Crippen LogP contribution < -0.4 is 4.90 Å². The van der Waals surface area contributed by atoms with Crippen LogP contribution in [0.3, 0.4) is 0 Å². The van der Waals surface area contributed by atoms with E-state index in [-0.39, 0.29) is 0 Å². The second-order valence-electron chi connectivity index (χ2n) is 17.2. The maximum atomic E-state index is 6.52. The molecule has 3 heterocycles. The van der Waals surface area contributed by atoms with E-state index in [1.54, 1.807) is 0 Å². The molecule has 0 amide bonds. The van der Waals surface area contributed by atoms with E-state index in [9.17, 15) is 0 Å². The van der Waals surface area contributed by atoms with Crippen LogP contribution in [0.25, 0.3) is 113 Å². The number of aromatic nitrogens is 1. The highest BCUT2D eigenvalue weighted by Gasteiger charge is 2.24. The largest absolute Gasteiger partial charge is 0.455 e. The molecule has 0 spiro atoms. The Balaban J connectivity index is 0.975. The minimum Gasteiger partial charge on any atom is -0.455 e. The van der Waals surface area contributed by atoms with Crippen LogP contribution in [0.4, 0.5) is 17.1 Å². The number of furan rings is 1. The zero-order chi connectivity index (χ0) is 43.3. The molecule has 0 aliphatic carbocycles. The van der Waals surface area contributed by atoms with Gasteiger partial charge >= 0.3 is 0 Å². The number of nitrogens with zero attached hydrogens (tertiary/aromatic N) is 2. The third-order valence-corrected chi connectivity index (χ3v) is 14.8. The van der Waals surface area contributed by atoms with Crippen LogP contribution in [0.1, 0.15) is 0 Å². The molecule has 3 nitrogen and oxygen atoms in total. The molecule has 0 saturated heterocycles. The quantitative estimate of drug-likeness (QED) is 0.155. The summed E-state index contributed by atoms with van der Waals surface area (Å²) in [6, 6.07) is 84.0. The van der Waals surface area contributed by atoms with Gasteiger partial charge in [-0.05, 0) is 93.5 Å². The molecule has 0 saturated carbocycles. The normalized spacial score (nSPS) is 11.9. The topological polar surface area (TPSA) is 21.3 Å². The molecular formula is C62H38N2OS. The van der Waals surface area contributed by atoms with Gasteiger partial charge in [-0.1, -0.05) is 170 Å². The monoisotopic (exact) mass is 858 g/mol. The van der Waals surface area contributed by atoms with Crippen LogP contribution in [0, 0.1) is 0 Å². The highest BCUT2D eigenvalue weighted by molar-refractivity contribution is 7.26. The van der Waals surface area contributed by atoms with E-state index >= 15 is 0 Å². The average molecular weight is 859 g/mol. The summed E-state index contributed by atoms with van der Waals surface area (Å²) in [5.74, 6) is 0. The number of thiophene rings is 1. The summed E-state index contributed by atoms with van der Waals surface area (Å²) in [4.78, 5) is 2.50. The molecule has 0 bridgehead atoms. The van der Waals surface area contributed by atoms with E-state index in [0.29, 0.717) is 0 Å². The highest BCUT2D eigenvalue weighted by atomic mass is 32.1. The van der Waals surface area contributed by atoms with E-state index in [4.69, 9.17) is 4.42 Å². The lowest BCUT2D eigenvalue weighted by Gasteiger charge is -2.29. The predicted octanol–water partition coefficient (Wildman–Crippen LogP) is 18.2. The third kappa shape index (κ3) is 5.55. The molecule has 4 heteroatoms. The van der Waals surface area contributed by atoms with Crippen molar-refractivity contribution in [2.24, 2.45) is 0 Å². The van der Waals surface area contributed by atoms with Gasteiger partial charge in [-0.15, -0.1) is 11.3 Å². The molecule has 66 heavy (non-hydrogen) atoms. The van der Waals surface area contributed by atoms with Gasteiger partial charge in [0.15, 0.2) is 0 Å². The Labute approximate surface area is 384 Å². The van der Waals surface area contributed by atoms with Gasteiger partial charge in [0.05, 0.1) is 22.4 Å². The minimum atomic E-state index is 0.903. The van der Waals surface area contributed by atoms with Gasteiger partial charge in [-0.25, -0.2) is 0 Å². The van der Waals surface area contributed by atoms with Crippen LogP contribution in [-0.4, -0.2) is 4.57 Å². The summed E-state index contributed by atoms with van der Waals surface area (Å²) >= 11 is 1.88. The number of para-hydroxylation sites is 4. The van der Waals surface area contributed by atoms with Crippen molar-refractivity contribution in [2.45, 2.75) is 0 Å². The summed E-state index contributed by atoms with van der Waals surface area (Å²) in [6.45, 7) is 0. The van der Waals surface area contributed by atoms with Crippen molar-refractivity contribution in [3.05, 3.63) is 231 Å². The lowest BCUT2D eigenvalue weighted by atomic mass is 9.97. The number of rotatable bonds is 6. The number of hydrogen-bond donors (Lipinski definition) is 0. The second kappa shape index (κ2) is 14.5. The van der Waals surface area contributed by atoms with Crippen molar-refractivity contribution in [3.63, 3.8) is 0 Å². The molecule has 3 aromatic heterocycles. The average Bonchev–Trinajstić information content (AvgIpc) is 4.07. The molecule has 0 fully saturated rings. The molecular weight excluding hydrogens is 821 g/mol. The van der Waals surface area contributed by atoms with E-state index < -0.39 is 0 Å². The number of hydrogen-bond acceptors (Lipinski definition) is 3. The van der Waals surface area contributed by atoms with Crippen LogP contribution in [0.2, 0.25) is 0 Å². The standard InChI is InChI=1S/C62H38N2OS/c1-2-15-44-41(14-1)38-57(48-17-4-3-16-47(44)48)64(43-32-28-39(29-33-43)45-22-13-23-52-51-20-7-11-26-58(51)65-61(45)52)56-37-36-46(62-60(56)53-21-8-12-27-59(53)66-62)40-30-34-42(35-31-40)63-54-24-9-5-18-49(54)50-19-6-10-25-55(50)63/h1-38H.